The number of carbonyl (C=O) groups excluding carboxylic acids is 1. The molecule has 1 aliphatic heterocycles. The van der Waals surface area contributed by atoms with Crippen LogP contribution >= 0.6 is 34.7 Å². The van der Waals surface area contributed by atoms with Gasteiger partial charge in [0.1, 0.15) is 0 Å². The molecule has 1 amide bonds. The van der Waals surface area contributed by atoms with Gasteiger partial charge in [-0.1, -0.05) is 29.8 Å². The average Bonchev–Trinajstić information content (AvgIpc) is 2.97. The maximum absolute atomic E-state index is 12.2. The molecule has 3 rings (SSSR count). The van der Waals surface area contributed by atoms with Crippen molar-refractivity contribution >= 4 is 66.8 Å². The highest BCUT2D eigenvalue weighted by atomic mass is 35.5. The normalized spacial score (nSPS) is 16.3. The van der Waals surface area contributed by atoms with Gasteiger partial charge in [-0.15, -0.1) is 11.3 Å². The van der Waals surface area contributed by atoms with Crippen LogP contribution in [0.25, 0.3) is 16.2 Å². The summed E-state index contributed by atoms with van der Waals surface area (Å²) >= 11 is 9.60. The summed E-state index contributed by atoms with van der Waals surface area (Å²) in [6, 6.07) is 7.78. The van der Waals surface area contributed by atoms with E-state index in [0.29, 0.717) is 18.1 Å². The molecule has 0 spiro atoms. The molecule has 1 aromatic heterocycles. The van der Waals surface area contributed by atoms with E-state index in [2.05, 4.69) is 5.32 Å². The third-order valence-corrected chi connectivity index (χ3v) is 8.44. The first-order chi connectivity index (χ1) is 12.5. The molecule has 1 saturated heterocycles. The van der Waals surface area contributed by atoms with Crippen molar-refractivity contribution in [3.05, 3.63) is 40.2 Å². The maximum atomic E-state index is 12.2. The molecule has 5 nitrogen and oxygen atoms in total. The van der Waals surface area contributed by atoms with Gasteiger partial charge >= 0.3 is 0 Å². The lowest BCUT2D eigenvalue weighted by Crippen LogP contribution is -2.41. The first-order valence-corrected chi connectivity index (χ1v) is 12.1. The Morgan fingerprint density at radius 2 is 2.00 bits per heavy atom. The zero-order chi connectivity index (χ0) is 18.6. The van der Waals surface area contributed by atoms with Crippen molar-refractivity contribution in [2.45, 2.75) is 0 Å². The van der Waals surface area contributed by atoms with E-state index in [9.17, 15) is 13.2 Å². The minimum absolute atomic E-state index is 0.0824. The van der Waals surface area contributed by atoms with E-state index in [0.717, 1.165) is 26.5 Å². The van der Waals surface area contributed by atoms with Gasteiger partial charge in [-0.2, -0.15) is 11.8 Å². The highest BCUT2D eigenvalue weighted by molar-refractivity contribution is 7.99. The first-order valence-electron chi connectivity index (χ1n) is 8.16. The molecule has 0 bridgehead atoms. The second kappa shape index (κ2) is 8.75. The fourth-order valence-corrected chi connectivity index (χ4v) is 6.50. The number of amides is 1. The minimum Gasteiger partial charge on any atom is -0.351 e. The Kier molecular flexibility index (Phi) is 6.63. The van der Waals surface area contributed by atoms with Crippen molar-refractivity contribution in [3.63, 3.8) is 0 Å². The number of benzene rings is 1. The lowest BCUT2D eigenvalue weighted by Gasteiger charge is -2.25. The molecular formula is C17H19ClN2O3S3. The number of hydrogen-bond acceptors (Lipinski definition) is 5. The smallest absolute Gasteiger partial charge is 0.244 e. The number of thioether (sulfide) groups is 1. The van der Waals surface area contributed by atoms with E-state index >= 15 is 0 Å². The predicted molar refractivity (Wildman–Crippen MR) is 112 cm³/mol. The quantitative estimate of drug-likeness (QED) is 0.715. The summed E-state index contributed by atoms with van der Waals surface area (Å²) < 4.78 is 27.0. The topological polar surface area (TPSA) is 66.5 Å². The summed E-state index contributed by atoms with van der Waals surface area (Å²) in [6.07, 6.45) is 3.05. The molecule has 1 aromatic carbocycles. The number of nitrogens with one attached hydrogen (secondary N) is 1. The predicted octanol–water partition coefficient (Wildman–Crippen LogP) is 3.06. The summed E-state index contributed by atoms with van der Waals surface area (Å²) in [6.45, 7) is 1.19. The Bertz CT molecular complexity index is 918. The van der Waals surface area contributed by atoms with Gasteiger partial charge in [-0.3, -0.25) is 4.79 Å². The highest BCUT2D eigenvalue weighted by Crippen LogP contribution is 2.35. The SMILES string of the molecule is O=C(/C=C/c1sc2ccccc2c1Cl)NCCS(=O)(=O)N1CCSCC1. The number of halogens is 1. The number of fused-ring (bicyclic) bond motifs is 1. The fourth-order valence-electron chi connectivity index (χ4n) is 2.61. The largest absolute Gasteiger partial charge is 0.351 e. The number of hydrogen-bond donors (Lipinski definition) is 1. The molecule has 1 aliphatic rings. The molecule has 0 saturated carbocycles. The number of thiophene rings is 1. The van der Waals surface area contributed by atoms with Crippen LogP contribution in [0.1, 0.15) is 4.88 Å². The standard InChI is InChI=1S/C17H19ClN2O3S3/c18-17-13-3-1-2-4-14(13)25-15(17)5-6-16(21)19-7-12-26(22,23)20-8-10-24-11-9-20/h1-6H,7-12H2,(H,19,21)/b6-5+. The fraction of sp³-hybridized carbons (Fsp3) is 0.353. The summed E-state index contributed by atoms with van der Waals surface area (Å²) in [5, 5.41) is 4.21. The average molecular weight is 431 g/mol. The molecule has 2 aromatic rings. The van der Waals surface area contributed by atoms with Gasteiger partial charge in [-0.25, -0.2) is 12.7 Å². The van der Waals surface area contributed by atoms with Crippen molar-refractivity contribution in [2.24, 2.45) is 0 Å². The van der Waals surface area contributed by atoms with Crippen molar-refractivity contribution < 1.29 is 13.2 Å². The van der Waals surface area contributed by atoms with Crippen LogP contribution < -0.4 is 5.32 Å². The molecule has 1 N–H and O–H groups in total. The van der Waals surface area contributed by atoms with Crippen molar-refractivity contribution in [1.29, 1.82) is 0 Å². The summed E-state index contributed by atoms with van der Waals surface area (Å²) in [5.41, 5.74) is 0. The van der Waals surface area contributed by atoms with Crippen LogP contribution in [0.15, 0.2) is 30.3 Å². The number of nitrogens with zero attached hydrogens (tertiary/aromatic N) is 1. The van der Waals surface area contributed by atoms with Gasteiger partial charge in [0.05, 0.1) is 10.8 Å². The second-order valence-electron chi connectivity index (χ2n) is 5.73. The first kappa shape index (κ1) is 19.7. The van der Waals surface area contributed by atoms with Crippen LogP contribution in [0.2, 0.25) is 5.02 Å². The number of rotatable bonds is 6. The Hall–Kier alpha value is -1.06. The summed E-state index contributed by atoms with van der Waals surface area (Å²) in [4.78, 5) is 12.8. The van der Waals surface area contributed by atoms with Crippen LogP contribution in [-0.2, 0) is 14.8 Å². The molecular weight excluding hydrogens is 412 g/mol. The molecule has 0 unspecified atom stereocenters. The zero-order valence-electron chi connectivity index (χ0n) is 14.0. The van der Waals surface area contributed by atoms with E-state index < -0.39 is 10.0 Å². The van der Waals surface area contributed by atoms with Crippen molar-refractivity contribution in [1.82, 2.24) is 9.62 Å². The molecule has 1 fully saturated rings. The van der Waals surface area contributed by atoms with Gasteiger partial charge in [-0.05, 0) is 12.1 Å². The molecule has 9 heteroatoms. The van der Waals surface area contributed by atoms with E-state index in [-0.39, 0.29) is 18.2 Å². The second-order valence-corrected chi connectivity index (χ2v) is 10.5. The highest BCUT2D eigenvalue weighted by Gasteiger charge is 2.23. The molecule has 0 aliphatic carbocycles. The Morgan fingerprint density at radius 3 is 2.73 bits per heavy atom. The van der Waals surface area contributed by atoms with Crippen molar-refractivity contribution in [2.75, 3.05) is 36.9 Å². The molecule has 0 atom stereocenters. The molecule has 140 valence electrons. The van der Waals surface area contributed by atoms with E-state index in [4.69, 9.17) is 11.6 Å². The van der Waals surface area contributed by atoms with Gasteiger partial charge in [0.2, 0.25) is 15.9 Å². The maximum Gasteiger partial charge on any atom is 0.244 e. The van der Waals surface area contributed by atoms with Gasteiger partial charge in [0, 0.05) is 52.2 Å². The van der Waals surface area contributed by atoms with Crippen LogP contribution in [0.4, 0.5) is 0 Å². The monoisotopic (exact) mass is 430 g/mol. The summed E-state index contributed by atoms with van der Waals surface area (Å²) in [7, 11) is -3.31. The van der Waals surface area contributed by atoms with Crippen LogP contribution in [0.3, 0.4) is 0 Å². The van der Waals surface area contributed by atoms with Crippen molar-refractivity contribution in [3.8, 4) is 0 Å². The lowest BCUT2D eigenvalue weighted by molar-refractivity contribution is -0.116. The Morgan fingerprint density at radius 1 is 1.27 bits per heavy atom. The van der Waals surface area contributed by atoms with Gasteiger partial charge < -0.3 is 5.32 Å². The van der Waals surface area contributed by atoms with Crippen LogP contribution in [0.5, 0.6) is 0 Å². The third kappa shape index (κ3) is 4.80. The zero-order valence-corrected chi connectivity index (χ0v) is 17.2. The van der Waals surface area contributed by atoms with E-state index in [1.165, 1.54) is 21.7 Å². The van der Waals surface area contributed by atoms with Gasteiger partial charge in [0.15, 0.2) is 0 Å². The lowest BCUT2D eigenvalue weighted by atomic mass is 10.2. The van der Waals surface area contributed by atoms with Crippen LogP contribution in [-0.4, -0.2) is 55.5 Å². The molecule has 26 heavy (non-hydrogen) atoms. The van der Waals surface area contributed by atoms with E-state index in [1.807, 2.05) is 24.3 Å². The van der Waals surface area contributed by atoms with E-state index in [1.54, 1.807) is 17.8 Å². The number of sulfonamides is 1. The Labute approximate surface area is 166 Å². The van der Waals surface area contributed by atoms with Gasteiger partial charge in [0.25, 0.3) is 0 Å². The molecule has 0 radical (unpaired) electrons. The minimum atomic E-state index is -3.31. The van der Waals surface area contributed by atoms with Crippen LogP contribution in [0, 0.1) is 0 Å². The molecule has 2 heterocycles. The third-order valence-electron chi connectivity index (χ3n) is 3.97. The Balaban J connectivity index is 1.53. The number of carbonyl (C=O) groups is 1. The summed E-state index contributed by atoms with van der Waals surface area (Å²) in [5.74, 6) is 1.23.